The smallest absolute Gasteiger partial charge is 0.287 e. The molecule has 0 radical (unpaired) electrons. The highest BCUT2D eigenvalue weighted by Gasteiger charge is 2.24. The SMILES string of the molecule is N[C@@H]1CCCC[C@H]1NC(=O)c1ccc(Br)o1. The maximum absolute atomic E-state index is 11.8. The first-order valence-electron chi connectivity index (χ1n) is 5.48. The van der Waals surface area contributed by atoms with Crippen LogP contribution in [0.2, 0.25) is 0 Å². The fourth-order valence-corrected chi connectivity index (χ4v) is 2.32. The summed E-state index contributed by atoms with van der Waals surface area (Å²) >= 11 is 3.17. The van der Waals surface area contributed by atoms with Crippen LogP contribution in [0, 0.1) is 0 Å². The molecule has 1 saturated carbocycles. The second kappa shape index (κ2) is 5.01. The molecular formula is C11H15BrN2O2. The average molecular weight is 287 g/mol. The van der Waals surface area contributed by atoms with Crippen molar-refractivity contribution >= 4 is 21.8 Å². The van der Waals surface area contributed by atoms with Crippen molar-refractivity contribution in [2.45, 2.75) is 37.8 Å². The zero-order chi connectivity index (χ0) is 11.5. The Labute approximate surface area is 103 Å². The molecule has 0 aliphatic heterocycles. The fraction of sp³-hybridized carbons (Fsp3) is 0.545. The van der Waals surface area contributed by atoms with Gasteiger partial charge in [0.2, 0.25) is 0 Å². The fourth-order valence-electron chi connectivity index (χ4n) is 2.01. The summed E-state index contributed by atoms with van der Waals surface area (Å²) < 4.78 is 5.75. The first kappa shape index (κ1) is 11.7. The number of hydrogen-bond donors (Lipinski definition) is 2. The van der Waals surface area contributed by atoms with Crippen molar-refractivity contribution < 1.29 is 9.21 Å². The van der Waals surface area contributed by atoms with E-state index in [1.807, 2.05) is 0 Å². The van der Waals surface area contributed by atoms with Crippen LogP contribution in [-0.2, 0) is 0 Å². The van der Waals surface area contributed by atoms with Gasteiger partial charge in [0.15, 0.2) is 10.4 Å². The lowest BCUT2D eigenvalue weighted by Gasteiger charge is -2.28. The molecule has 1 heterocycles. The zero-order valence-electron chi connectivity index (χ0n) is 8.91. The second-order valence-corrected chi connectivity index (χ2v) is 4.91. The Kier molecular flexibility index (Phi) is 3.66. The first-order valence-corrected chi connectivity index (χ1v) is 6.28. The number of hydrogen-bond acceptors (Lipinski definition) is 3. The van der Waals surface area contributed by atoms with Crippen LogP contribution >= 0.6 is 15.9 Å². The van der Waals surface area contributed by atoms with Crippen LogP contribution in [0.5, 0.6) is 0 Å². The zero-order valence-corrected chi connectivity index (χ0v) is 10.5. The summed E-state index contributed by atoms with van der Waals surface area (Å²) in [7, 11) is 0. The van der Waals surface area contributed by atoms with Crippen LogP contribution in [0.25, 0.3) is 0 Å². The van der Waals surface area contributed by atoms with E-state index in [9.17, 15) is 4.79 Å². The van der Waals surface area contributed by atoms with E-state index in [1.54, 1.807) is 12.1 Å². The van der Waals surface area contributed by atoms with Crippen molar-refractivity contribution in [3.8, 4) is 0 Å². The molecule has 16 heavy (non-hydrogen) atoms. The van der Waals surface area contributed by atoms with Gasteiger partial charge in [0, 0.05) is 12.1 Å². The third-order valence-electron chi connectivity index (χ3n) is 2.93. The molecule has 1 aliphatic carbocycles. The van der Waals surface area contributed by atoms with Crippen LogP contribution in [0.15, 0.2) is 21.2 Å². The van der Waals surface area contributed by atoms with Gasteiger partial charge in [0.25, 0.3) is 5.91 Å². The van der Waals surface area contributed by atoms with Gasteiger partial charge in [-0.05, 0) is 40.9 Å². The standard InChI is InChI=1S/C11H15BrN2O2/c12-10-6-5-9(16-10)11(15)14-8-4-2-1-3-7(8)13/h5-8H,1-4,13H2,(H,14,15)/t7-,8-/m1/s1. The van der Waals surface area contributed by atoms with Gasteiger partial charge < -0.3 is 15.5 Å². The van der Waals surface area contributed by atoms with E-state index < -0.39 is 0 Å². The minimum atomic E-state index is -0.187. The molecular weight excluding hydrogens is 272 g/mol. The van der Waals surface area contributed by atoms with Gasteiger partial charge in [0.05, 0.1) is 0 Å². The molecule has 0 spiro atoms. The molecule has 88 valence electrons. The summed E-state index contributed by atoms with van der Waals surface area (Å²) in [6, 6.07) is 3.49. The van der Waals surface area contributed by atoms with Crippen LogP contribution in [-0.4, -0.2) is 18.0 Å². The van der Waals surface area contributed by atoms with E-state index in [0.717, 1.165) is 25.7 Å². The molecule has 1 aromatic rings. The van der Waals surface area contributed by atoms with E-state index in [2.05, 4.69) is 21.2 Å². The average Bonchev–Trinajstić information content (AvgIpc) is 2.68. The van der Waals surface area contributed by atoms with Crippen LogP contribution in [0.3, 0.4) is 0 Å². The number of nitrogens with one attached hydrogen (secondary N) is 1. The molecule has 1 aliphatic rings. The number of furan rings is 1. The molecule has 0 unspecified atom stereocenters. The lowest BCUT2D eigenvalue weighted by Crippen LogP contribution is -2.49. The van der Waals surface area contributed by atoms with Gasteiger partial charge in [-0.25, -0.2) is 0 Å². The summed E-state index contributed by atoms with van der Waals surface area (Å²) in [5.74, 6) is 0.137. The van der Waals surface area contributed by atoms with E-state index in [1.165, 1.54) is 0 Å². The Morgan fingerprint density at radius 3 is 2.81 bits per heavy atom. The highest BCUT2D eigenvalue weighted by atomic mass is 79.9. The first-order chi connectivity index (χ1) is 7.66. The highest BCUT2D eigenvalue weighted by molar-refractivity contribution is 9.10. The molecule has 2 rings (SSSR count). The number of carbonyl (C=O) groups is 1. The third-order valence-corrected chi connectivity index (χ3v) is 3.36. The number of rotatable bonds is 2. The quantitative estimate of drug-likeness (QED) is 0.874. The Morgan fingerprint density at radius 2 is 2.19 bits per heavy atom. The molecule has 5 heteroatoms. The predicted molar refractivity (Wildman–Crippen MR) is 64.1 cm³/mol. The van der Waals surface area contributed by atoms with Gasteiger partial charge in [0.1, 0.15) is 0 Å². The summed E-state index contributed by atoms with van der Waals surface area (Å²) in [6.45, 7) is 0. The normalized spacial score (nSPS) is 25.4. The topological polar surface area (TPSA) is 68.3 Å². The van der Waals surface area contributed by atoms with Crippen LogP contribution < -0.4 is 11.1 Å². The number of halogens is 1. The van der Waals surface area contributed by atoms with Crippen molar-refractivity contribution in [3.63, 3.8) is 0 Å². The number of amides is 1. The van der Waals surface area contributed by atoms with E-state index >= 15 is 0 Å². The maximum atomic E-state index is 11.8. The molecule has 3 N–H and O–H groups in total. The van der Waals surface area contributed by atoms with Crippen molar-refractivity contribution in [1.29, 1.82) is 0 Å². The lowest BCUT2D eigenvalue weighted by molar-refractivity contribution is 0.0892. The van der Waals surface area contributed by atoms with Crippen molar-refractivity contribution in [3.05, 3.63) is 22.6 Å². The minimum Gasteiger partial charge on any atom is -0.444 e. The highest BCUT2D eigenvalue weighted by Crippen LogP contribution is 2.18. The maximum Gasteiger partial charge on any atom is 0.287 e. The van der Waals surface area contributed by atoms with Crippen LogP contribution in [0.4, 0.5) is 0 Å². The summed E-state index contributed by atoms with van der Waals surface area (Å²) in [5, 5.41) is 2.92. The van der Waals surface area contributed by atoms with Gasteiger partial charge in [-0.1, -0.05) is 12.8 Å². The Morgan fingerprint density at radius 1 is 1.44 bits per heavy atom. The second-order valence-electron chi connectivity index (χ2n) is 4.13. The minimum absolute atomic E-state index is 0.0658. The Bertz CT molecular complexity index is 378. The van der Waals surface area contributed by atoms with Crippen LogP contribution in [0.1, 0.15) is 36.2 Å². The number of carbonyl (C=O) groups excluding carboxylic acids is 1. The lowest BCUT2D eigenvalue weighted by atomic mass is 9.91. The van der Waals surface area contributed by atoms with Crippen molar-refractivity contribution in [2.24, 2.45) is 5.73 Å². The van der Waals surface area contributed by atoms with Crippen molar-refractivity contribution in [2.75, 3.05) is 0 Å². The van der Waals surface area contributed by atoms with Gasteiger partial charge in [-0.2, -0.15) is 0 Å². The Hall–Kier alpha value is -0.810. The largest absolute Gasteiger partial charge is 0.444 e. The Balaban J connectivity index is 1.96. The summed E-state index contributed by atoms with van der Waals surface area (Å²) in [5.41, 5.74) is 5.96. The molecule has 2 atom stereocenters. The van der Waals surface area contributed by atoms with E-state index in [-0.39, 0.29) is 18.0 Å². The molecule has 0 aromatic carbocycles. The van der Waals surface area contributed by atoms with Crippen molar-refractivity contribution in [1.82, 2.24) is 5.32 Å². The number of nitrogens with two attached hydrogens (primary N) is 1. The molecule has 4 nitrogen and oxygen atoms in total. The van der Waals surface area contributed by atoms with E-state index in [0.29, 0.717) is 10.4 Å². The summed E-state index contributed by atoms with van der Waals surface area (Å²) in [4.78, 5) is 11.8. The van der Waals surface area contributed by atoms with E-state index in [4.69, 9.17) is 10.2 Å². The monoisotopic (exact) mass is 286 g/mol. The molecule has 0 bridgehead atoms. The summed E-state index contributed by atoms with van der Waals surface area (Å²) in [6.07, 6.45) is 4.21. The van der Waals surface area contributed by atoms with Gasteiger partial charge in [-0.15, -0.1) is 0 Å². The predicted octanol–water partition coefficient (Wildman–Crippen LogP) is 2.04. The third kappa shape index (κ3) is 2.65. The molecule has 1 fully saturated rings. The van der Waals surface area contributed by atoms with Gasteiger partial charge in [-0.3, -0.25) is 4.79 Å². The van der Waals surface area contributed by atoms with Gasteiger partial charge >= 0.3 is 0 Å². The molecule has 1 aromatic heterocycles. The molecule has 1 amide bonds. The molecule has 0 saturated heterocycles.